The van der Waals surface area contributed by atoms with E-state index in [0.717, 1.165) is 0 Å². The minimum Gasteiger partial charge on any atom is -0.340 e. The molecule has 0 fully saturated rings. The molecule has 4 heteroatoms. The minimum absolute atomic E-state index is 0.521. The molecule has 0 saturated heterocycles. The van der Waals surface area contributed by atoms with Crippen molar-refractivity contribution in [3.63, 3.8) is 0 Å². The maximum Gasteiger partial charge on any atom is 0.223 e. The zero-order chi connectivity index (χ0) is 8.10. The summed E-state index contributed by atoms with van der Waals surface area (Å²) in [5.74, 6) is 3.66. The molecule has 0 spiro atoms. The Morgan fingerprint density at radius 1 is 1.73 bits per heavy atom. The van der Waals surface area contributed by atoms with Gasteiger partial charge in [-0.1, -0.05) is 11.1 Å². The van der Waals surface area contributed by atoms with Crippen molar-refractivity contribution in [3.8, 4) is 12.3 Å². The van der Waals surface area contributed by atoms with Gasteiger partial charge in [-0.25, -0.2) is 0 Å². The highest BCUT2D eigenvalue weighted by Crippen LogP contribution is 1.92. The van der Waals surface area contributed by atoms with Gasteiger partial charge in [-0.2, -0.15) is 4.98 Å². The third-order valence-corrected chi connectivity index (χ3v) is 1.08. The molecule has 0 unspecified atom stereocenters. The first-order valence-corrected chi connectivity index (χ1v) is 3.26. The van der Waals surface area contributed by atoms with E-state index >= 15 is 0 Å². The molecule has 11 heavy (non-hydrogen) atoms. The molecule has 0 aliphatic carbocycles. The van der Waals surface area contributed by atoms with Gasteiger partial charge in [0.15, 0.2) is 5.82 Å². The van der Waals surface area contributed by atoms with Crippen LogP contribution < -0.4 is 5.32 Å². The number of aryl methyl sites for hydroxylation is 1. The fourth-order valence-electron chi connectivity index (χ4n) is 0.660. The largest absolute Gasteiger partial charge is 0.340 e. The van der Waals surface area contributed by atoms with Crippen molar-refractivity contribution in [2.45, 2.75) is 13.5 Å². The highest BCUT2D eigenvalue weighted by Gasteiger charge is 1.98. The van der Waals surface area contributed by atoms with E-state index in [1.54, 1.807) is 6.92 Å². The molecule has 4 nitrogen and oxygen atoms in total. The van der Waals surface area contributed by atoms with Crippen molar-refractivity contribution < 1.29 is 4.52 Å². The molecule has 1 aromatic rings. The van der Waals surface area contributed by atoms with Gasteiger partial charge in [-0.15, -0.1) is 6.42 Å². The van der Waals surface area contributed by atoms with E-state index < -0.39 is 0 Å². The van der Waals surface area contributed by atoms with E-state index in [4.69, 9.17) is 10.9 Å². The topological polar surface area (TPSA) is 51.0 Å². The van der Waals surface area contributed by atoms with Gasteiger partial charge in [0.1, 0.15) is 0 Å². The third-order valence-electron chi connectivity index (χ3n) is 1.08. The Morgan fingerprint density at radius 2 is 2.55 bits per heavy atom. The van der Waals surface area contributed by atoms with Crippen LogP contribution in [-0.2, 0) is 6.54 Å². The average molecular weight is 151 g/mol. The van der Waals surface area contributed by atoms with E-state index in [1.807, 2.05) is 0 Å². The lowest BCUT2D eigenvalue weighted by Crippen LogP contribution is -2.13. The second-order valence-electron chi connectivity index (χ2n) is 2.04. The Morgan fingerprint density at radius 3 is 3.09 bits per heavy atom. The second kappa shape index (κ2) is 3.74. The Kier molecular flexibility index (Phi) is 2.64. The molecule has 58 valence electrons. The van der Waals surface area contributed by atoms with Crippen molar-refractivity contribution >= 4 is 0 Å². The van der Waals surface area contributed by atoms with Gasteiger partial charge in [0.05, 0.1) is 13.1 Å². The lowest BCUT2D eigenvalue weighted by atomic mass is 10.5. The van der Waals surface area contributed by atoms with Crippen LogP contribution in [0.5, 0.6) is 0 Å². The number of hydrogen-bond acceptors (Lipinski definition) is 4. The summed E-state index contributed by atoms with van der Waals surface area (Å²) >= 11 is 0. The normalized spacial score (nSPS) is 9.45. The zero-order valence-electron chi connectivity index (χ0n) is 6.29. The quantitative estimate of drug-likeness (QED) is 0.491. The standard InChI is InChI=1S/C7H9N3O/c1-3-4-8-5-7-9-6(2)11-10-7/h1,8H,4-5H2,2H3. The summed E-state index contributed by atoms with van der Waals surface area (Å²) in [6.45, 7) is 2.83. The van der Waals surface area contributed by atoms with Crippen LogP contribution in [0.25, 0.3) is 0 Å². The third kappa shape index (κ3) is 2.40. The van der Waals surface area contributed by atoms with Crippen LogP contribution in [0.2, 0.25) is 0 Å². The van der Waals surface area contributed by atoms with Crippen molar-refractivity contribution in [3.05, 3.63) is 11.7 Å². The number of hydrogen-bond donors (Lipinski definition) is 1. The maximum atomic E-state index is 5.02. The molecule has 0 aromatic carbocycles. The number of terminal acetylenes is 1. The van der Waals surface area contributed by atoms with Crippen molar-refractivity contribution in [2.75, 3.05) is 6.54 Å². The van der Waals surface area contributed by atoms with E-state index in [0.29, 0.717) is 24.8 Å². The summed E-state index contributed by atoms with van der Waals surface area (Å²) in [6.07, 6.45) is 5.02. The van der Waals surface area contributed by atoms with Crippen molar-refractivity contribution in [1.82, 2.24) is 15.5 Å². The van der Waals surface area contributed by atoms with E-state index in [-0.39, 0.29) is 0 Å². The highest BCUT2D eigenvalue weighted by molar-refractivity contribution is 4.89. The number of aromatic nitrogens is 2. The van der Waals surface area contributed by atoms with Gasteiger partial charge in [-0.05, 0) is 0 Å². The zero-order valence-corrected chi connectivity index (χ0v) is 6.29. The highest BCUT2D eigenvalue weighted by atomic mass is 16.5. The SMILES string of the molecule is C#CCNCc1noc(C)n1. The lowest BCUT2D eigenvalue weighted by molar-refractivity contribution is 0.386. The second-order valence-corrected chi connectivity index (χ2v) is 2.04. The molecule has 1 N–H and O–H groups in total. The predicted octanol–water partition coefficient (Wildman–Crippen LogP) is 0.101. The Hall–Kier alpha value is -1.34. The first kappa shape index (κ1) is 7.76. The summed E-state index contributed by atoms with van der Waals surface area (Å²) in [6, 6.07) is 0. The summed E-state index contributed by atoms with van der Waals surface area (Å²) in [5, 5.41) is 6.61. The molecule has 0 amide bonds. The van der Waals surface area contributed by atoms with E-state index in [9.17, 15) is 0 Å². The van der Waals surface area contributed by atoms with Crippen LogP contribution in [0.1, 0.15) is 11.7 Å². The lowest BCUT2D eigenvalue weighted by Gasteiger charge is -1.91. The van der Waals surface area contributed by atoms with Gasteiger partial charge in [0, 0.05) is 6.92 Å². The number of nitrogens with one attached hydrogen (secondary N) is 1. The molecule has 1 rings (SSSR count). The van der Waals surface area contributed by atoms with E-state index in [2.05, 4.69) is 21.4 Å². The summed E-state index contributed by atoms with van der Waals surface area (Å²) in [7, 11) is 0. The van der Waals surface area contributed by atoms with Crippen LogP contribution in [-0.4, -0.2) is 16.7 Å². The first-order chi connectivity index (χ1) is 5.33. The molecule has 0 radical (unpaired) electrons. The van der Waals surface area contributed by atoms with Crippen molar-refractivity contribution in [2.24, 2.45) is 0 Å². The molecule has 1 aromatic heterocycles. The van der Waals surface area contributed by atoms with Crippen LogP contribution in [0, 0.1) is 19.3 Å². The maximum absolute atomic E-state index is 5.02. The molecule has 1 heterocycles. The smallest absolute Gasteiger partial charge is 0.223 e. The fraction of sp³-hybridized carbons (Fsp3) is 0.429. The summed E-state index contributed by atoms with van der Waals surface area (Å²) in [5.41, 5.74) is 0. The average Bonchev–Trinajstić information content (AvgIpc) is 2.37. The van der Waals surface area contributed by atoms with Gasteiger partial charge in [-0.3, -0.25) is 5.32 Å². The molecule has 0 atom stereocenters. The molecule has 0 aliphatic heterocycles. The summed E-state index contributed by atoms with van der Waals surface area (Å²) < 4.78 is 4.74. The van der Waals surface area contributed by atoms with E-state index in [1.165, 1.54) is 0 Å². The fourth-order valence-corrected chi connectivity index (χ4v) is 0.660. The monoisotopic (exact) mass is 151 g/mol. The predicted molar refractivity (Wildman–Crippen MR) is 39.6 cm³/mol. The molecule has 0 aliphatic rings. The van der Waals surface area contributed by atoms with Gasteiger partial charge in [0.25, 0.3) is 0 Å². The Bertz CT molecular complexity index is 261. The van der Waals surface area contributed by atoms with Gasteiger partial charge >= 0.3 is 0 Å². The van der Waals surface area contributed by atoms with Gasteiger partial charge < -0.3 is 4.52 Å². The number of nitrogens with zero attached hydrogens (tertiary/aromatic N) is 2. The van der Waals surface area contributed by atoms with Gasteiger partial charge in [0.2, 0.25) is 5.89 Å². The molecular weight excluding hydrogens is 142 g/mol. The molecular formula is C7H9N3O. The first-order valence-electron chi connectivity index (χ1n) is 3.26. The van der Waals surface area contributed by atoms with Crippen molar-refractivity contribution in [1.29, 1.82) is 0 Å². The Labute approximate surface area is 65.0 Å². The van der Waals surface area contributed by atoms with Crippen LogP contribution >= 0.6 is 0 Å². The minimum atomic E-state index is 0.521. The molecule has 0 saturated carbocycles. The summed E-state index contributed by atoms with van der Waals surface area (Å²) in [4.78, 5) is 3.97. The Balaban J connectivity index is 2.34. The van der Waals surface area contributed by atoms with Crippen LogP contribution in [0.4, 0.5) is 0 Å². The van der Waals surface area contributed by atoms with Crippen LogP contribution in [0.15, 0.2) is 4.52 Å². The van der Waals surface area contributed by atoms with Crippen LogP contribution in [0.3, 0.4) is 0 Å². The number of rotatable bonds is 3. The molecule has 0 bridgehead atoms.